The minimum atomic E-state index is -0.152. The summed E-state index contributed by atoms with van der Waals surface area (Å²) in [7, 11) is 0. The molecule has 8 heteroatoms. The lowest BCUT2D eigenvalue weighted by Crippen LogP contribution is -2.59. The van der Waals surface area contributed by atoms with Gasteiger partial charge in [-0.15, -0.1) is 0 Å². The number of carbonyl (C=O) groups excluding carboxylic acids is 3. The fraction of sp³-hybridized carbons (Fsp3) is 0.471. The van der Waals surface area contributed by atoms with Crippen LogP contribution in [-0.4, -0.2) is 79.0 Å². The van der Waals surface area contributed by atoms with Gasteiger partial charge in [-0.1, -0.05) is 0 Å². The molecule has 0 radical (unpaired) electrons. The summed E-state index contributed by atoms with van der Waals surface area (Å²) in [6.07, 6.45) is 0.816. The summed E-state index contributed by atoms with van der Waals surface area (Å²) in [5, 5.41) is 0. The van der Waals surface area contributed by atoms with E-state index in [0.717, 1.165) is 6.41 Å². The van der Waals surface area contributed by atoms with E-state index >= 15 is 0 Å². The van der Waals surface area contributed by atoms with Crippen LogP contribution in [0.15, 0.2) is 18.2 Å². The van der Waals surface area contributed by atoms with Crippen LogP contribution in [0.2, 0.25) is 0 Å². The highest BCUT2D eigenvalue weighted by Gasteiger charge is 2.39. The van der Waals surface area contributed by atoms with Crippen LogP contribution in [0.25, 0.3) is 0 Å². The van der Waals surface area contributed by atoms with Gasteiger partial charge < -0.3 is 24.2 Å². The van der Waals surface area contributed by atoms with E-state index in [9.17, 15) is 14.4 Å². The Morgan fingerprint density at radius 1 is 1.00 bits per heavy atom. The van der Waals surface area contributed by atoms with Crippen molar-refractivity contribution >= 4 is 18.2 Å². The van der Waals surface area contributed by atoms with Crippen LogP contribution >= 0.6 is 0 Å². The van der Waals surface area contributed by atoms with Crippen molar-refractivity contribution < 1.29 is 23.9 Å². The number of carbonyl (C=O) groups is 3. The van der Waals surface area contributed by atoms with Crippen molar-refractivity contribution in [2.75, 3.05) is 46.1 Å². The van der Waals surface area contributed by atoms with Crippen molar-refractivity contribution in [2.45, 2.75) is 0 Å². The lowest BCUT2D eigenvalue weighted by molar-refractivity contribution is -0.142. The van der Waals surface area contributed by atoms with Gasteiger partial charge in [0.1, 0.15) is 0 Å². The first-order valence-electron chi connectivity index (χ1n) is 8.33. The minimum absolute atomic E-state index is 0.0697. The maximum absolute atomic E-state index is 12.5. The maximum Gasteiger partial charge on any atom is 0.254 e. The molecule has 4 rings (SSSR count). The second-order valence-corrected chi connectivity index (χ2v) is 6.44. The van der Waals surface area contributed by atoms with Gasteiger partial charge in [-0.2, -0.15) is 0 Å². The van der Waals surface area contributed by atoms with E-state index in [1.54, 1.807) is 32.9 Å². The first kappa shape index (κ1) is 15.7. The second kappa shape index (κ2) is 6.27. The number of ether oxygens (including phenoxy) is 2. The van der Waals surface area contributed by atoms with Gasteiger partial charge in [0, 0.05) is 44.8 Å². The lowest BCUT2D eigenvalue weighted by atomic mass is 9.96. The van der Waals surface area contributed by atoms with E-state index in [1.165, 1.54) is 0 Å². The number of piperazine rings is 1. The zero-order valence-electron chi connectivity index (χ0n) is 13.7. The van der Waals surface area contributed by atoms with Gasteiger partial charge in [-0.05, 0) is 18.2 Å². The van der Waals surface area contributed by atoms with Gasteiger partial charge in [-0.3, -0.25) is 14.4 Å². The summed E-state index contributed by atoms with van der Waals surface area (Å²) >= 11 is 0. The average Bonchev–Trinajstić information content (AvgIpc) is 3.08. The molecule has 1 aromatic carbocycles. The fourth-order valence-electron chi connectivity index (χ4n) is 3.32. The number of fused-ring (bicyclic) bond motifs is 1. The van der Waals surface area contributed by atoms with Crippen molar-refractivity contribution in [3.8, 4) is 11.5 Å². The van der Waals surface area contributed by atoms with Crippen LogP contribution in [0.1, 0.15) is 10.4 Å². The van der Waals surface area contributed by atoms with Crippen molar-refractivity contribution in [1.29, 1.82) is 0 Å². The van der Waals surface area contributed by atoms with Gasteiger partial charge in [0.15, 0.2) is 11.5 Å². The van der Waals surface area contributed by atoms with Crippen molar-refractivity contribution in [2.24, 2.45) is 5.92 Å². The smallest absolute Gasteiger partial charge is 0.254 e. The normalized spacial score (nSPS) is 19.6. The number of amides is 3. The van der Waals surface area contributed by atoms with Gasteiger partial charge in [0.2, 0.25) is 19.1 Å². The minimum Gasteiger partial charge on any atom is -0.454 e. The summed E-state index contributed by atoms with van der Waals surface area (Å²) in [5.74, 6) is 1.03. The van der Waals surface area contributed by atoms with Crippen LogP contribution in [0.5, 0.6) is 11.5 Å². The third-order valence-corrected chi connectivity index (χ3v) is 4.91. The highest BCUT2D eigenvalue weighted by molar-refractivity contribution is 5.96. The number of hydrogen-bond donors (Lipinski definition) is 0. The number of rotatable bonds is 3. The average molecular weight is 345 g/mol. The Morgan fingerprint density at radius 3 is 2.44 bits per heavy atom. The molecule has 132 valence electrons. The summed E-state index contributed by atoms with van der Waals surface area (Å²) in [4.78, 5) is 40.8. The molecule has 8 nitrogen and oxygen atoms in total. The number of likely N-dealkylation sites (tertiary alicyclic amines) is 1. The van der Waals surface area contributed by atoms with Gasteiger partial charge >= 0.3 is 0 Å². The van der Waals surface area contributed by atoms with Gasteiger partial charge in [0.25, 0.3) is 5.91 Å². The monoisotopic (exact) mass is 345 g/mol. The SMILES string of the molecule is O=CN1CCN(C(=O)C2CN(C(=O)c3ccc4c(c3)OCO4)C2)CC1. The number of hydrogen-bond acceptors (Lipinski definition) is 5. The Labute approximate surface area is 144 Å². The van der Waals surface area contributed by atoms with E-state index in [2.05, 4.69) is 0 Å². The molecule has 3 heterocycles. The molecule has 2 saturated heterocycles. The van der Waals surface area contributed by atoms with Crippen LogP contribution < -0.4 is 9.47 Å². The Kier molecular flexibility index (Phi) is 3.95. The molecule has 25 heavy (non-hydrogen) atoms. The zero-order chi connectivity index (χ0) is 17.4. The lowest BCUT2D eigenvalue weighted by Gasteiger charge is -2.42. The van der Waals surface area contributed by atoms with E-state index in [1.807, 2.05) is 0 Å². The van der Waals surface area contributed by atoms with E-state index in [0.29, 0.717) is 56.3 Å². The predicted octanol–water partition coefficient (Wildman–Crippen LogP) is -0.212. The molecule has 0 aliphatic carbocycles. The van der Waals surface area contributed by atoms with Gasteiger partial charge in [-0.25, -0.2) is 0 Å². The summed E-state index contributed by atoms with van der Waals surface area (Å²) < 4.78 is 10.5. The predicted molar refractivity (Wildman–Crippen MR) is 86.2 cm³/mol. The fourth-order valence-corrected chi connectivity index (χ4v) is 3.32. The Morgan fingerprint density at radius 2 is 1.72 bits per heavy atom. The molecule has 0 N–H and O–H groups in total. The highest BCUT2D eigenvalue weighted by Crippen LogP contribution is 2.33. The van der Waals surface area contributed by atoms with Crippen LogP contribution in [-0.2, 0) is 9.59 Å². The maximum atomic E-state index is 12.5. The second-order valence-electron chi connectivity index (χ2n) is 6.44. The Bertz CT molecular complexity index is 708. The molecule has 3 aliphatic heterocycles. The quantitative estimate of drug-likeness (QED) is 0.708. The van der Waals surface area contributed by atoms with Crippen LogP contribution in [0.3, 0.4) is 0 Å². The first-order chi connectivity index (χ1) is 12.2. The Hall–Kier alpha value is -2.77. The first-order valence-corrected chi connectivity index (χ1v) is 8.33. The molecule has 0 unspecified atom stereocenters. The van der Waals surface area contributed by atoms with E-state index in [-0.39, 0.29) is 24.5 Å². The molecule has 1 aromatic rings. The molecule has 3 amide bonds. The van der Waals surface area contributed by atoms with Crippen molar-refractivity contribution in [3.05, 3.63) is 23.8 Å². The number of nitrogens with zero attached hydrogens (tertiary/aromatic N) is 3. The van der Waals surface area contributed by atoms with Crippen molar-refractivity contribution in [3.63, 3.8) is 0 Å². The summed E-state index contributed by atoms with van der Waals surface area (Å²) in [6.45, 7) is 3.29. The molecule has 0 bridgehead atoms. The molecule has 0 saturated carbocycles. The third kappa shape index (κ3) is 2.88. The summed E-state index contributed by atoms with van der Waals surface area (Å²) in [5.41, 5.74) is 0.537. The zero-order valence-corrected chi connectivity index (χ0v) is 13.7. The van der Waals surface area contributed by atoms with Crippen molar-refractivity contribution in [1.82, 2.24) is 14.7 Å². The van der Waals surface area contributed by atoms with Gasteiger partial charge in [0.05, 0.1) is 5.92 Å². The van der Waals surface area contributed by atoms with E-state index < -0.39 is 0 Å². The molecule has 0 atom stereocenters. The standard InChI is InChI=1S/C17H19N3O5/c21-10-18-3-5-19(6-4-18)17(23)13-8-20(9-13)16(22)12-1-2-14-15(7-12)25-11-24-14/h1-2,7,10,13H,3-6,8-9,11H2. The molecule has 0 aromatic heterocycles. The molecule has 2 fully saturated rings. The molecular formula is C17H19N3O5. The topological polar surface area (TPSA) is 79.4 Å². The third-order valence-electron chi connectivity index (χ3n) is 4.91. The number of benzene rings is 1. The molecular weight excluding hydrogens is 326 g/mol. The van der Waals surface area contributed by atoms with Crippen LogP contribution in [0.4, 0.5) is 0 Å². The largest absolute Gasteiger partial charge is 0.454 e. The summed E-state index contributed by atoms with van der Waals surface area (Å²) in [6, 6.07) is 5.12. The molecule has 0 spiro atoms. The Balaban J connectivity index is 1.32. The molecule has 3 aliphatic rings. The van der Waals surface area contributed by atoms with E-state index in [4.69, 9.17) is 9.47 Å². The van der Waals surface area contributed by atoms with Crippen LogP contribution in [0, 0.1) is 5.92 Å². The highest BCUT2D eigenvalue weighted by atomic mass is 16.7.